The van der Waals surface area contributed by atoms with E-state index in [9.17, 15) is 24.3 Å². The lowest BCUT2D eigenvalue weighted by Crippen LogP contribution is -2.55. The average molecular weight is 899 g/mol. The number of hydrogen-bond acceptors (Lipinski definition) is 11. The lowest BCUT2D eigenvalue weighted by molar-refractivity contribution is -0.172. The van der Waals surface area contributed by atoms with Crippen LogP contribution in [0.3, 0.4) is 0 Å². The van der Waals surface area contributed by atoms with Crippen molar-refractivity contribution in [2.45, 2.75) is 134 Å². The maximum Gasteiger partial charge on any atom is 0.415 e. The second-order valence-electron chi connectivity index (χ2n) is 19.3. The van der Waals surface area contributed by atoms with Crippen molar-refractivity contribution in [3.63, 3.8) is 0 Å². The number of carbonyl (C=O) groups excluding carboxylic acids is 3. The van der Waals surface area contributed by atoms with Gasteiger partial charge in [-0.3, -0.25) is 14.3 Å². The van der Waals surface area contributed by atoms with Gasteiger partial charge in [-0.25, -0.2) is 14.6 Å². The number of nitrogens with one attached hydrogen (secondary N) is 1. The maximum atomic E-state index is 13.6. The van der Waals surface area contributed by atoms with Crippen molar-refractivity contribution >= 4 is 39.8 Å². The van der Waals surface area contributed by atoms with Crippen LogP contribution in [0.25, 0.3) is 33.2 Å². The van der Waals surface area contributed by atoms with E-state index in [0.29, 0.717) is 78.1 Å². The van der Waals surface area contributed by atoms with Gasteiger partial charge in [0.1, 0.15) is 12.4 Å². The molecule has 11 rings (SSSR count). The molecular weight excluding hydrogens is 837 g/mol. The number of hydrogen-bond donors (Lipinski definition) is 2. The second-order valence-corrected chi connectivity index (χ2v) is 19.3. The van der Waals surface area contributed by atoms with Gasteiger partial charge in [-0.05, 0) is 120 Å². The summed E-state index contributed by atoms with van der Waals surface area (Å²) in [6.07, 6.45) is 12.2. The first-order valence-electron chi connectivity index (χ1n) is 24.2. The van der Waals surface area contributed by atoms with E-state index in [2.05, 4.69) is 34.2 Å². The van der Waals surface area contributed by atoms with Gasteiger partial charge in [0.15, 0.2) is 11.3 Å². The van der Waals surface area contributed by atoms with E-state index in [1.165, 1.54) is 51.6 Å². The molecule has 0 unspecified atom stereocenters. The molecule has 2 bridgehead atoms. The van der Waals surface area contributed by atoms with Crippen molar-refractivity contribution in [3.8, 4) is 17.1 Å². The topological polar surface area (TPSA) is 164 Å². The summed E-state index contributed by atoms with van der Waals surface area (Å²) >= 11 is 0. The van der Waals surface area contributed by atoms with Crippen molar-refractivity contribution < 1.29 is 29.0 Å². The number of aliphatic hydroxyl groups is 1. The van der Waals surface area contributed by atoms with E-state index in [-0.39, 0.29) is 36.6 Å². The number of ether oxygens (including phenoxy) is 2. The third kappa shape index (κ3) is 7.85. The maximum absolute atomic E-state index is 13.6. The van der Waals surface area contributed by atoms with Crippen LogP contribution in [0.2, 0.25) is 0 Å². The Bertz CT molecular complexity index is 2760. The number of pyridine rings is 2. The van der Waals surface area contributed by atoms with Crippen LogP contribution >= 0.6 is 0 Å². The monoisotopic (exact) mass is 898 g/mol. The van der Waals surface area contributed by atoms with Crippen LogP contribution in [0, 0.1) is 0 Å². The number of fused-ring (bicyclic) bond motifs is 8. The minimum atomic E-state index is -1.86. The summed E-state index contributed by atoms with van der Waals surface area (Å²) in [5.41, 5.74) is 3.93. The second kappa shape index (κ2) is 17.9. The number of benzene rings is 2. The molecule has 66 heavy (non-hydrogen) atoms. The van der Waals surface area contributed by atoms with E-state index in [1.54, 1.807) is 28.3 Å². The van der Waals surface area contributed by atoms with Crippen molar-refractivity contribution in [1.29, 1.82) is 0 Å². The molecule has 0 saturated carbocycles. The van der Waals surface area contributed by atoms with Gasteiger partial charge in [-0.2, -0.15) is 5.10 Å². The van der Waals surface area contributed by atoms with Gasteiger partial charge in [0.05, 0.1) is 34.5 Å². The molecular formula is C51H62N8O7. The summed E-state index contributed by atoms with van der Waals surface area (Å²) in [7, 11) is 4.12. The molecule has 6 aliphatic heterocycles. The van der Waals surface area contributed by atoms with Crippen molar-refractivity contribution in [2.24, 2.45) is 7.05 Å². The standard InChI is InChI=1S/C33H38N4O6.C18H24N4O/c1-3-22-23-16-21(43-32(40)36-14-10-20(11-15-36)35-12-6-5-7-13-35)8-9-27(23)34-29-24(22)18-37-28(29)17-26-25(30(37)38)19-42-31(39)33(26,41)4-2;1-21-13-6-5-7-14(21)11-12(10-13)19-18(23)17-15-8-3-4-9-16(15)22(2)20-17/h8-9,16-17,20,41H,3-7,10-15,18-19H2,1-2H3;3-4,8-9,12-14H,5-7,10-11H2,1-2H3,(H,19,23)/t33-;12-,13+,14-/m0./s1. The normalized spacial score (nSPS) is 24.2. The first-order chi connectivity index (χ1) is 31.9. The quantitative estimate of drug-likeness (QED) is 0.178. The molecule has 4 saturated heterocycles. The van der Waals surface area contributed by atoms with E-state index in [1.807, 2.05) is 48.3 Å². The number of carbonyl (C=O) groups is 3. The zero-order valence-corrected chi connectivity index (χ0v) is 38.7. The number of aryl methyl sites for hydroxylation is 2. The predicted molar refractivity (Wildman–Crippen MR) is 250 cm³/mol. The summed E-state index contributed by atoms with van der Waals surface area (Å²) in [5, 5.41) is 20.7. The molecule has 4 fully saturated rings. The number of rotatable bonds is 6. The smallest absolute Gasteiger partial charge is 0.415 e. The van der Waals surface area contributed by atoms with Crippen LogP contribution < -0.4 is 15.6 Å². The first kappa shape index (κ1) is 44.2. The van der Waals surface area contributed by atoms with E-state index in [4.69, 9.17) is 14.5 Å². The summed E-state index contributed by atoms with van der Waals surface area (Å²) in [4.78, 5) is 63.8. The molecule has 2 aromatic carbocycles. The summed E-state index contributed by atoms with van der Waals surface area (Å²) in [6.45, 7) is 7.65. The SMILES string of the molecule is CCc1c2c(nc3ccc(OC(=O)N4CCC(N5CCCCC5)CC4)cc13)-c1cc3c(c(=O)n1C2)COC(=O)[C@]3(O)CC.CN1[C@@H]2CCC[C@H]1C[C@@H](NC(=O)c1nn(C)c3ccccc13)C2. The van der Waals surface area contributed by atoms with E-state index >= 15 is 0 Å². The fourth-order valence-electron chi connectivity index (χ4n) is 11.8. The number of para-hydroxylation sites is 1. The lowest BCUT2D eigenvalue weighted by Gasteiger charge is -2.47. The Morgan fingerprint density at radius 3 is 2.35 bits per heavy atom. The number of aromatic nitrogens is 4. The van der Waals surface area contributed by atoms with Crippen LogP contribution in [0.1, 0.15) is 117 Å². The molecule has 4 atom stereocenters. The molecule has 2 amide bonds. The molecule has 5 aromatic rings. The Balaban J connectivity index is 0.000000186. The Kier molecular flexibility index (Phi) is 12.0. The van der Waals surface area contributed by atoms with Gasteiger partial charge in [0, 0.05) is 66.2 Å². The Morgan fingerprint density at radius 2 is 1.62 bits per heavy atom. The fraction of sp³-hybridized carbons (Fsp3) is 0.529. The minimum absolute atomic E-state index is 0.0329. The average Bonchev–Trinajstić information content (AvgIpc) is 3.88. The highest BCUT2D eigenvalue weighted by Crippen LogP contribution is 2.41. The Hall–Kier alpha value is -5.64. The minimum Gasteiger partial charge on any atom is -0.458 e. The number of cyclic esters (lactones) is 1. The van der Waals surface area contributed by atoms with Crippen LogP contribution in [-0.2, 0) is 41.8 Å². The van der Waals surface area contributed by atoms with Gasteiger partial charge in [-0.1, -0.05) is 44.9 Å². The van der Waals surface area contributed by atoms with Crippen LogP contribution in [-0.4, -0.2) is 115 Å². The third-order valence-electron chi connectivity index (χ3n) is 15.6. The molecule has 0 radical (unpaired) electrons. The molecule has 6 aliphatic rings. The Morgan fingerprint density at radius 1 is 0.879 bits per heavy atom. The third-order valence-corrected chi connectivity index (χ3v) is 15.6. The molecule has 2 N–H and O–H groups in total. The van der Waals surface area contributed by atoms with E-state index in [0.717, 1.165) is 58.6 Å². The van der Waals surface area contributed by atoms with Crippen LogP contribution in [0.4, 0.5) is 4.79 Å². The molecule has 0 aliphatic carbocycles. The van der Waals surface area contributed by atoms with Gasteiger partial charge in [0.25, 0.3) is 11.5 Å². The number of esters is 1. The highest BCUT2D eigenvalue weighted by molar-refractivity contribution is 6.05. The highest BCUT2D eigenvalue weighted by Gasteiger charge is 2.46. The summed E-state index contributed by atoms with van der Waals surface area (Å²) in [5.74, 6) is -0.299. The van der Waals surface area contributed by atoms with Gasteiger partial charge in [0.2, 0.25) is 0 Å². The zero-order chi connectivity index (χ0) is 45.9. The van der Waals surface area contributed by atoms with Crippen LogP contribution in [0.5, 0.6) is 5.75 Å². The van der Waals surface area contributed by atoms with Crippen molar-refractivity contribution in [2.75, 3.05) is 33.2 Å². The van der Waals surface area contributed by atoms with E-state index < -0.39 is 11.6 Å². The number of amides is 2. The number of likely N-dealkylation sites (tertiary alicyclic amines) is 2. The predicted octanol–water partition coefficient (Wildman–Crippen LogP) is 6.41. The van der Waals surface area contributed by atoms with Crippen LogP contribution in [0.15, 0.2) is 53.3 Å². The molecule has 3 aromatic heterocycles. The molecule has 15 nitrogen and oxygen atoms in total. The number of nitrogens with zero attached hydrogens (tertiary/aromatic N) is 7. The lowest BCUT2D eigenvalue weighted by atomic mass is 9.82. The number of piperidine rings is 4. The van der Waals surface area contributed by atoms with Gasteiger partial charge >= 0.3 is 12.1 Å². The molecule has 0 spiro atoms. The Labute approximate surface area is 385 Å². The van der Waals surface area contributed by atoms with Crippen molar-refractivity contribution in [1.82, 2.24) is 39.3 Å². The summed E-state index contributed by atoms with van der Waals surface area (Å²) < 4.78 is 14.5. The fourth-order valence-corrected chi connectivity index (χ4v) is 11.8. The molecule has 348 valence electrons. The van der Waals surface area contributed by atoms with Crippen molar-refractivity contribution in [3.05, 3.63) is 86.8 Å². The molecule has 9 heterocycles. The van der Waals surface area contributed by atoms with Gasteiger partial charge < -0.3 is 39.2 Å². The van der Waals surface area contributed by atoms with Gasteiger partial charge in [-0.15, -0.1) is 0 Å². The first-order valence-corrected chi connectivity index (χ1v) is 24.2. The zero-order valence-electron chi connectivity index (χ0n) is 38.7. The highest BCUT2D eigenvalue weighted by atomic mass is 16.6. The molecule has 15 heteroatoms. The largest absolute Gasteiger partial charge is 0.458 e. The summed E-state index contributed by atoms with van der Waals surface area (Å²) in [6, 6.07) is 17.2.